The van der Waals surface area contributed by atoms with Crippen LogP contribution in [0.3, 0.4) is 0 Å². The Labute approximate surface area is 114 Å². The number of thiophene rings is 1. The second-order valence-corrected chi connectivity index (χ2v) is 7.52. The normalized spacial score (nSPS) is 15.5. The minimum atomic E-state index is -3.27. The predicted octanol–water partition coefficient (Wildman–Crippen LogP) is 2.12. The lowest BCUT2D eigenvalue weighted by atomic mass is 10.3. The molecule has 0 bridgehead atoms. The third-order valence-electron chi connectivity index (χ3n) is 2.70. The van der Waals surface area contributed by atoms with Gasteiger partial charge in [-0.3, -0.25) is 0 Å². The smallest absolute Gasteiger partial charge is 0.216 e. The SMILES string of the molecule is CCCNCC(C)S(=O)(=O)NC(C)c1cccs1. The molecule has 1 rings (SSSR count). The number of sulfonamides is 1. The van der Waals surface area contributed by atoms with E-state index < -0.39 is 15.3 Å². The van der Waals surface area contributed by atoms with Gasteiger partial charge in [0.2, 0.25) is 10.0 Å². The molecule has 2 N–H and O–H groups in total. The highest BCUT2D eigenvalue weighted by atomic mass is 32.2. The quantitative estimate of drug-likeness (QED) is 0.721. The first kappa shape index (κ1) is 15.6. The van der Waals surface area contributed by atoms with E-state index in [1.807, 2.05) is 24.4 Å². The van der Waals surface area contributed by atoms with E-state index in [2.05, 4.69) is 17.0 Å². The molecule has 0 saturated carbocycles. The van der Waals surface area contributed by atoms with E-state index in [1.165, 1.54) is 0 Å². The van der Waals surface area contributed by atoms with Gasteiger partial charge in [0.05, 0.1) is 11.3 Å². The fourth-order valence-electron chi connectivity index (χ4n) is 1.55. The first-order valence-corrected chi connectivity index (χ1v) is 8.65. The lowest BCUT2D eigenvalue weighted by Gasteiger charge is -2.18. The van der Waals surface area contributed by atoms with Crippen molar-refractivity contribution < 1.29 is 8.42 Å². The van der Waals surface area contributed by atoms with Crippen LogP contribution in [0.25, 0.3) is 0 Å². The van der Waals surface area contributed by atoms with Crippen LogP contribution in [0, 0.1) is 0 Å². The van der Waals surface area contributed by atoms with Crippen LogP contribution in [0.15, 0.2) is 17.5 Å². The maximum absolute atomic E-state index is 12.1. The Kier molecular flexibility index (Phi) is 6.28. The summed E-state index contributed by atoms with van der Waals surface area (Å²) in [5, 5.41) is 4.66. The van der Waals surface area contributed by atoms with Crippen molar-refractivity contribution in [2.75, 3.05) is 13.1 Å². The van der Waals surface area contributed by atoms with Gasteiger partial charge in [-0.15, -0.1) is 11.3 Å². The average molecular weight is 290 g/mol. The number of rotatable bonds is 8. The zero-order chi connectivity index (χ0) is 13.6. The molecule has 0 spiro atoms. The molecular weight excluding hydrogens is 268 g/mol. The maximum Gasteiger partial charge on any atom is 0.216 e. The average Bonchev–Trinajstić information content (AvgIpc) is 2.82. The largest absolute Gasteiger partial charge is 0.315 e. The van der Waals surface area contributed by atoms with Gasteiger partial charge >= 0.3 is 0 Å². The number of hydrogen-bond donors (Lipinski definition) is 2. The summed E-state index contributed by atoms with van der Waals surface area (Å²) in [5.41, 5.74) is 0. The highest BCUT2D eigenvalue weighted by molar-refractivity contribution is 7.90. The topological polar surface area (TPSA) is 58.2 Å². The monoisotopic (exact) mass is 290 g/mol. The Hall–Kier alpha value is -0.430. The summed E-state index contributed by atoms with van der Waals surface area (Å²) in [7, 11) is -3.27. The van der Waals surface area contributed by atoms with Crippen molar-refractivity contribution in [3.8, 4) is 0 Å². The molecule has 4 nitrogen and oxygen atoms in total. The molecular formula is C12H22N2O2S2. The Morgan fingerprint density at radius 1 is 1.39 bits per heavy atom. The van der Waals surface area contributed by atoms with Crippen LogP contribution in [0.4, 0.5) is 0 Å². The molecule has 1 heterocycles. The van der Waals surface area contributed by atoms with E-state index in [0.29, 0.717) is 6.54 Å². The van der Waals surface area contributed by atoms with Gasteiger partial charge in [-0.25, -0.2) is 13.1 Å². The second kappa shape index (κ2) is 7.23. The molecule has 18 heavy (non-hydrogen) atoms. The van der Waals surface area contributed by atoms with Crippen LogP contribution in [0.2, 0.25) is 0 Å². The molecule has 0 saturated heterocycles. The molecule has 1 aromatic rings. The standard InChI is InChI=1S/C12H22N2O2S2/c1-4-7-13-9-10(2)18(15,16)14-11(3)12-6-5-8-17-12/h5-6,8,10-11,13-14H,4,7,9H2,1-3H3. The summed E-state index contributed by atoms with van der Waals surface area (Å²) in [6.07, 6.45) is 1.01. The zero-order valence-electron chi connectivity index (χ0n) is 11.1. The van der Waals surface area contributed by atoms with Crippen molar-refractivity contribution in [2.24, 2.45) is 0 Å². The van der Waals surface area contributed by atoms with Gasteiger partial charge in [-0.2, -0.15) is 0 Å². The maximum atomic E-state index is 12.1. The Balaban J connectivity index is 2.53. The van der Waals surface area contributed by atoms with Crippen molar-refractivity contribution in [3.05, 3.63) is 22.4 Å². The van der Waals surface area contributed by atoms with E-state index in [1.54, 1.807) is 18.3 Å². The molecule has 0 aliphatic carbocycles. The molecule has 0 aromatic carbocycles. The molecule has 0 radical (unpaired) electrons. The lowest BCUT2D eigenvalue weighted by molar-refractivity contribution is 0.546. The predicted molar refractivity (Wildman–Crippen MR) is 77.4 cm³/mol. The van der Waals surface area contributed by atoms with E-state index in [0.717, 1.165) is 17.8 Å². The van der Waals surface area contributed by atoms with E-state index >= 15 is 0 Å². The summed E-state index contributed by atoms with van der Waals surface area (Å²) in [4.78, 5) is 1.03. The van der Waals surface area contributed by atoms with Crippen molar-refractivity contribution in [1.29, 1.82) is 0 Å². The number of nitrogens with one attached hydrogen (secondary N) is 2. The molecule has 0 aliphatic heterocycles. The van der Waals surface area contributed by atoms with Crippen molar-refractivity contribution in [3.63, 3.8) is 0 Å². The van der Waals surface area contributed by atoms with Gasteiger partial charge < -0.3 is 5.32 Å². The van der Waals surface area contributed by atoms with E-state index in [-0.39, 0.29) is 6.04 Å². The molecule has 6 heteroatoms. The summed E-state index contributed by atoms with van der Waals surface area (Å²) in [6, 6.07) is 3.71. The van der Waals surface area contributed by atoms with Gasteiger partial charge in [0.25, 0.3) is 0 Å². The summed E-state index contributed by atoms with van der Waals surface area (Å²) in [6.45, 7) is 6.99. The van der Waals surface area contributed by atoms with Gasteiger partial charge in [0.15, 0.2) is 0 Å². The van der Waals surface area contributed by atoms with E-state index in [4.69, 9.17) is 0 Å². The lowest BCUT2D eigenvalue weighted by Crippen LogP contribution is -2.40. The van der Waals surface area contributed by atoms with Crippen LogP contribution in [0.1, 0.15) is 38.1 Å². The fourth-order valence-corrected chi connectivity index (χ4v) is 3.55. The van der Waals surface area contributed by atoms with Crippen LogP contribution >= 0.6 is 11.3 Å². The summed E-state index contributed by atoms with van der Waals surface area (Å²) >= 11 is 1.56. The molecule has 2 atom stereocenters. The molecule has 1 aromatic heterocycles. The van der Waals surface area contributed by atoms with Crippen LogP contribution in [-0.4, -0.2) is 26.8 Å². The van der Waals surface area contributed by atoms with Crippen LogP contribution in [-0.2, 0) is 10.0 Å². The molecule has 0 fully saturated rings. The Bertz CT molecular complexity index is 429. The Morgan fingerprint density at radius 3 is 2.67 bits per heavy atom. The zero-order valence-corrected chi connectivity index (χ0v) is 12.8. The Morgan fingerprint density at radius 2 is 2.11 bits per heavy atom. The molecule has 0 aliphatic rings. The van der Waals surface area contributed by atoms with Crippen molar-refractivity contribution in [2.45, 2.75) is 38.5 Å². The first-order valence-electron chi connectivity index (χ1n) is 6.22. The minimum Gasteiger partial charge on any atom is -0.315 e. The summed E-state index contributed by atoms with van der Waals surface area (Å²) < 4.78 is 26.9. The molecule has 0 amide bonds. The van der Waals surface area contributed by atoms with Gasteiger partial charge in [-0.1, -0.05) is 13.0 Å². The second-order valence-electron chi connectivity index (χ2n) is 4.41. The van der Waals surface area contributed by atoms with Crippen LogP contribution < -0.4 is 10.0 Å². The van der Waals surface area contributed by atoms with Gasteiger partial charge in [0, 0.05) is 11.4 Å². The molecule has 104 valence electrons. The van der Waals surface area contributed by atoms with Crippen molar-refractivity contribution >= 4 is 21.4 Å². The highest BCUT2D eigenvalue weighted by Gasteiger charge is 2.23. The van der Waals surface area contributed by atoms with Crippen LogP contribution in [0.5, 0.6) is 0 Å². The minimum absolute atomic E-state index is 0.163. The first-order chi connectivity index (χ1) is 8.47. The van der Waals surface area contributed by atoms with E-state index in [9.17, 15) is 8.42 Å². The van der Waals surface area contributed by atoms with Gasteiger partial charge in [-0.05, 0) is 38.3 Å². The fraction of sp³-hybridized carbons (Fsp3) is 0.667. The van der Waals surface area contributed by atoms with Crippen molar-refractivity contribution in [1.82, 2.24) is 10.0 Å². The number of hydrogen-bond acceptors (Lipinski definition) is 4. The summed E-state index contributed by atoms with van der Waals surface area (Å²) in [5.74, 6) is 0. The third-order valence-corrected chi connectivity index (χ3v) is 5.66. The third kappa shape index (κ3) is 4.68. The van der Waals surface area contributed by atoms with Gasteiger partial charge in [0.1, 0.15) is 0 Å². The highest BCUT2D eigenvalue weighted by Crippen LogP contribution is 2.19. The molecule has 2 unspecified atom stereocenters.